The van der Waals surface area contributed by atoms with Crippen LogP contribution >= 0.6 is 11.6 Å². The lowest BCUT2D eigenvalue weighted by atomic mass is 10.1. The van der Waals surface area contributed by atoms with Gasteiger partial charge in [0.15, 0.2) is 0 Å². The average Bonchev–Trinajstić information content (AvgIpc) is 2.70. The van der Waals surface area contributed by atoms with Crippen molar-refractivity contribution >= 4 is 11.6 Å². The molecule has 3 heteroatoms. The van der Waals surface area contributed by atoms with Crippen LogP contribution in [0, 0.1) is 17.7 Å². The summed E-state index contributed by atoms with van der Waals surface area (Å²) in [4.78, 5) is 0. The Labute approximate surface area is 107 Å². The van der Waals surface area contributed by atoms with Crippen LogP contribution in [0.15, 0.2) is 18.2 Å². The first-order valence-electron chi connectivity index (χ1n) is 6.30. The Hall–Kier alpha value is -0.600. The molecule has 1 aliphatic carbocycles. The SMILES string of the molecule is CC1CCC(CNCc2cccc(Cl)c2F)C1. The Morgan fingerprint density at radius 1 is 1.41 bits per heavy atom. The lowest BCUT2D eigenvalue weighted by molar-refractivity contribution is 0.466. The van der Waals surface area contributed by atoms with Gasteiger partial charge in [-0.2, -0.15) is 0 Å². The topological polar surface area (TPSA) is 12.0 Å². The van der Waals surface area contributed by atoms with Crippen LogP contribution in [0.1, 0.15) is 31.7 Å². The lowest BCUT2D eigenvalue weighted by Gasteiger charge is -2.11. The maximum Gasteiger partial charge on any atom is 0.146 e. The molecule has 0 aromatic heterocycles. The molecule has 1 aromatic rings. The highest BCUT2D eigenvalue weighted by Crippen LogP contribution is 2.29. The molecule has 2 rings (SSSR count). The molecule has 0 aliphatic heterocycles. The standard InChI is InChI=1S/C14H19ClFN/c1-10-5-6-11(7-10)8-17-9-12-3-2-4-13(15)14(12)16/h2-4,10-11,17H,5-9H2,1H3. The van der Waals surface area contributed by atoms with E-state index in [0.29, 0.717) is 12.1 Å². The maximum absolute atomic E-state index is 13.6. The van der Waals surface area contributed by atoms with Crippen molar-refractivity contribution in [3.8, 4) is 0 Å². The summed E-state index contributed by atoms with van der Waals surface area (Å²) in [7, 11) is 0. The van der Waals surface area contributed by atoms with E-state index in [0.717, 1.165) is 18.4 Å². The molecule has 0 amide bonds. The summed E-state index contributed by atoms with van der Waals surface area (Å²) in [6.45, 7) is 3.85. The molecule has 1 N–H and O–H groups in total. The molecular weight excluding hydrogens is 237 g/mol. The van der Waals surface area contributed by atoms with E-state index in [1.807, 2.05) is 0 Å². The zero-order valence-corrected chi connectivity index (χ0v) is 10.9. The molecule has 2 atom stereocenters. The fourth-order valence-electron chi connectivity index (χ4n) is 2.61. The van der Waals surface area contributed by atoms with Crippen LogP contribution in [-0.4, -0.2) is 6.54 Å². The minimum Gasteiger partial charge on any atom is -0.312 e. The Morgan fingerprint density at radius 3 is 2.94 bits per heavy atom. The second kappa shape index (κ2) is 5.83. The first kappa shape index (κ1) is 12.8. The van der Waals surface area contributed by atoms with Crippen molar-refractivity contribution in [2.75, 3.05) is 6.54 Å². The minimum absolute atomic E-state index is 0.207. The molecule has 1 saturated carbocycles. The van der Waals surface area contributed by atoms with Crippen molar-refractivity contribution in [1.82, 2.24) is 5.32 Å². The summed E-state index contributed by atoms with van der Waals surface area (Å²) < 4.78 is 13.6. The zero-order valence-electron chi connectivity index (χ0n) is 10.2. The molecule has 17 heavy (non-hydrogen) atoms. The van der Waals surface area contributed by atoms with E-state index in [1.54, 1.807) is 18.2 Å². The molecule has 1 nitrogen and oxygen atoms in total. The molecule has 94 valence electrons. The third-order valence-electron chi connectivity index (χ3n) is 3.58. The first-order valence-corrected chi connectivity index (χ1v) is 6.68. The summed E-state index contributed by atoms with van der Waals surface area (Å²) >= 11 is 5.74. The number of nitrogens with one attached hydrogen (secondary N) is 1. The quantitative estimate of drug-likeness (QED) is 0.857. The van der Waals surface area contributed by atoms with E-state index in [1.165, 1.54) is 19.3 Å². The van der Waals surface area contributed by atoms with E-state index < -0.39 is 0 Å². The molecule has 0 heterocycles. The van der Waals surface area contributed by atoms with Crippen molar-refractivity contribution in [1.29, 1.82) is 0 Å². The van der Waals surface area contributed by atoms with Crippen molar-refractivity contribution in [2.24, 2.45) is 11.8 Å². The second-order valence-electron chi connectivity index (χ2n) is 5.13. The minimum atomic E-state index is -0.290. The van der Waals surface area contributed by atoms with Crippen LogP contribution in [0.25, 0.3) is 0 Å². The van der Waals surface area contributed by atoms with Gasteiger partial charge < -0.3 is 5.32 Å². The van der Waals surface area contributed by atoms with Crippen LogP contribution in [0.2, 0.25) is 5.02 Å². The lowest BCUT2D eigenvalue weighted by Crippen LogP contribution is -2.21. The molecular formula is C14H19ClFN. The van der Waals surface area contributed by atoms with Gasteiger partial charge in [0, 0.05) is 12.1 Å². The summed E-state index contributed by atoms with van der Waals surface area (Å²) in [5.74, 6) is 1.32. The molecule has 1 aromatic carbocycles. The van der Waals surface area contributed by atoms with Gasteiger partial charge in [-0.3, -0.25) is 0 Å². The molecule has 1 fully saturated rings. The Morgan fingerprint density at radius 2 is 2.24 bits per heavy atom. The highest BCUT2D eigenvalue weighted by molar-refractivity contribution is 6.30. The van der Waals surface area contributed by atoms with Crippen molar-refractivity contribution in [2.45, 2.75) is 32.7 Å². The van der Waals surface area contributed by atoms with Gasteiger partial charge in [-0.05, 0) is 37.3 Å². The maximum atomic E-state index is 13.6. The second-order valence-corrected chi connectivity index (χ2v) is 5.54. The van der Waals surface area contributed by atoms with Crippen molar-refractivity contribution in [3.05, 3.63) is 34.6 Å². The largest absolute Gasteiger partial charge is 0.312 e. The zero-order chi connectivity index (χ0) is 12.3. The third kappa shape index (κ3) is 3.43. The summed E-state index contributed by atoms with van der Waals surface area (Å²) in [5, 5.41) is 3.54. The van der Waals surface area contributed by atoms with Gasteiger partial charge in [0.2, 0.25) is 0 Å². The molecule has 2 unspecified atom stereocenters. The Bertz CT molecular complexity index is 380. The van der Waals surface area contributed by atoms with Gasteiger partial charge in [0.05, 0.1) is 5.02 Å². The number of rotatable bonds is 4. The molecule has 0 bridgehead atoms. The van der Waals surface area contributed by atoms with E-state index in [9.17, 15) is 4.39 Å². The molecule has 0 radical (unpaired) electrons. The van der Waals surface area contributed by atoms with Crippen LogP contribution in [0.5, 0.6) is 0 Å². The van der Waals surface area contributed by atoms with E-state index in [4.69, 9.17) is 11.6 Å². The predicted molar refractivity (Wildman–Crippen MR) is 69.6 cm³/mol. The van der Waals surface area contributed by atoms with Gasteiger partial charge in [-0.1, -0.05) is 37.1 Å². The summed E-state index contributed by atoms with van der Waals surface area (Å²) in [5.41, 5.74) is 0.656. The van der Waals surface area contributed by atoms with Gasteiger partial charge >= 0.3 is 0 Å². The van der Waals surface area contributed by atoms with Gasteiger partial charge in [0.25, 0.3) is 0 Å². The van der Waals surface area contributed by atoms with Gasteiger partial charge in [-0.25, -0.2) is 4.39 Å². The smallest absolute Gasteiger partial charge is 0.146 e. The first-order chi connectivity index (χ1) is 8.16. The summed E-state index contributed by atoms with van der Waals surface area (Å²) in [6.07, 6.45) is 3.93. The van der Waals surface area contributed by atoms with Gasteiger partial charge in [-0.15, -0.1) is 0 Å². The fourth-order valence-corrected chi connectivity index (χ4v) is 2.80. The van der Waals surface area contributed by atoms with Gasteiger partial charge in [0.1, 0.15) is 5.82 Å². The number of hydrogen-bond acceptors (Lipinski definition) is 1. The highest BCUT2D eigenvalue weighted by Gasteiger charge is 2.20. The molecule has 0 saturated heterocycles. The molecule has 1 aliphatic rings. The predicted octanol–water partition coefficient (Wildman–Crippen LogP) is 4.00. The van der Waals surface area contributed by atoms with Crippen LogP contribution in [0.4, 0.5) is 4.39 Å². The highest BCUT2D eigenvalue weighted by atomic mass is 35.5. The van der Waals surface area contributed by atoms with E-state index in [-0.39, 0.29) is 10.8 Å². The van der Waals surface area contributed by atoms with Crippen molar-refractivity contribution < 1.29 is 4.39 Å². The van der Waals surface area contributed by atoms with E-state index in [2.05, 4.69) is 12.2 Å². The normalized spacial score (nSPS) is 24.2. The van der Waals surface area contributed by atoms with Crippen molar-refractivity contribution in [3.63, 3.8) is 0 Å². The number of benzene rings is 1. The molecule has 0 spiro atoms. The monoisotopic (exact) mass is 255 g/mol. The third-order valence-corrected chi connectivity index (χ3v) is 3.88. The Balaban J connectivity index is 1.80. The number of hydrogen-bond donors (Lipinski definition) is 1. The van der Waals surface area contributed by atoms with Crippen LogP contribution < -0.4 is 5.32 Å². The van der Waals surface area contributed by atoms with E-state index >= 15 is 0 Å². The van der Waals surface area contributed by atoms with Crippen LogP contribution in [-0.2, 0) is 6.54 Å². The average molecular weight is 256 g/mol. The summed E-state index contributed by atoms with van der Waals surface area (Å²) in [6, 6.07) is 5.16. The fraction of sp³-hybridized carbons (Fsp3) is 0.571. The van der Waals surface area contributed by atoms with Crippen LogP contribution in [0.3, 0.4) is 0 Å². The number of halogens is 2. The Kier molecular flexibility index (Phi) is 4.41.